The van der Waals surface area contributed by atoms with Crippen molar-refractivity contribution in [2.24, 2.45) is 16.6 Å². The first-order valence-electron chi connectivity index (χ1n) is 8.67. The number of nitrogens with zero attached hydrogens (tertiary/aromatic N) is 1. The van der Waals surface area contributed by atoms with Crippen LogP contribution in [0.3, 0.4) is 0 Å². The first kappa shape index (κ1) is 18.3. The van der Waals surface area contributed by atoms with Crippen LogP contribution in [0.2, 0.25) is 0 Å². The number of carbonyl (C=O) groups excluding carboxylic acids is 1. The van der Waals surface area contributed by atoms with E-state index >= 15 is 0 Å². The Hall–Kier alpha value is -2.08. The minimum absolute atomic E-state index is 0.419. The highest BCUT2D eigenvalue weighted by Gasteiger charge is 2.20. The number of carbonyl (C=O) groups is 1. The standard InChI is InChI=1S/C18H28N4O2/c1-2-20-18(21-9-4-10-24-13-14-7-8-14)22-12-15-5-3-6-16(11-15)17(19)23/h3,5-6,11,14H,2,4,7-10,12-13H2,1H3,(H2,19,23)(H2,20,21,22). The van der Waals surface area contributed by atoms with Crippen LogP contribution >= 0.6 is 0 Å². The minimum atomic E-state index is -0.419. The van der Waals surface area contributed by atoms with Crippen LogP contribution in [0.4, 0.5) is 0 Å². The van der Waals surface area contributed by atoms with Crippen molar-refractivity contribution in [3.63, 3.8) is 0 Å². The van der Waals surface area contributed by atoms with Crippen LogP contribution in [-0.2, 0) is 11.3 Å². The zero-order valence-corrected chi connectivity index (χ0v) is 14.4. The van der Waals surface area contributed by atoms with Gasteiger partial charge in [0.2, 0.25) is 5.91 Å². The summed E-state index contributed by atoms with van der Waals surface area (Å²) in [5.74, 6) is 1.16. The molecule has 0 radical (unpaired) electrons. The Morgan fingerprint density at radius 2 is 2.21 bits per heavy atom. The molecule has 1 saturated carbocycles. The molecule has 1 aromatic rings. The van der Waals surface area contributed by atoms with E-state index in [9.17, 15) is 4.79 Å². The molecular weight excluding hydrogens is 304 g/mol. The molecule has 4 N–H and O–H groups in total. The number of hydrogen-bond acceptors (Lipinski definition) is 3. The molecule has 0 atom stereocenters. The zero-order chi connectivity index (χ0) is 17.2. The summed E-state index contributed by atoms with van der Waals surface area (Å²) in [6.45, 7) is 5.83. The lowest BCUT2D eigenvalue weighted by atomic mass is 10.1. The molecular formula is C18H28N4O2. The second-order valence-electron chi connectivity index (χ2n) is 6.06. The predicted octanol–water partition coefficient (Wildman–Crippen LogP) is 1.66. The smallest absolute Gasteiger partial charge is 0.248 e. The molecule has 1 fully saturated rings. The summed E-state index contributed by atoms with van der Waals surface area (Å²) >= 11 is 0. The molecule has 0 bridgehead atoms. The highest BCUT2D eigenvalue weighted by molar-refractivity contribution is 5.92. The van der Waals surface area contributed by atoms with Crippen LogP contribution in [-0.4, -0.2) is 38.2 Å². The third-order valence-electron chi connectivity index (χ3n) is 3.78. The Labute approximate surface area is 143 Å². The summed E-state index contributed by atoms with van der Waals surface area (Å²) in [5, 5.41) is 6.52. The van der Waals surface area contributed by atoms with E-state index in [2.05, 4.69) is 15.6 Å². The Bertz CT molecular complexity index is 556. The Morgan fingerprint density at radius 1 is 1.38 bits per heavy atom. The highest BCUT2D eigenvalue weighted by Crippen LogP contribution is 2.28. The fourth-order valence-electron chi connectivity index (χ4n) is 2.25. The predicted molar refractivity (Wildman–Crippen MR) is 95.9 cm³/mol. The maximum absolute atomic E-state index is 11.2. The van der Waals surface area contributed by atoms with Crippen LogP contribution in [0.1, 0.15) is 42.1 Å². The quantitative estimate of drug-likeness (QED) is 0.345. The maximum Gasteiger partial charge on any atom is 0.248 e. The molecule has 1 aromatic carbocycles. The van der Waals surface area contributed by atoms with E-state index in [1.54, 1.807) is 12.1 Å². The molecule has 132 valence electrons. The minimum Gasteiger partial charge on any atom is -0.381 e. The van der Waals surface area contributed by atoms with Gasteiger partial charge in [-0.3, -0.25) is 4.79 Å². The molecule has 0 unspecified atom stereocenters. The van der Waals surface area contributed by atoms with Gasteiger partial charge >= 0.3 is 0 Å². The van der Waals surface area contributed by atoms with Crippen LogP contribution < -0.4 is 16.4 Å². The van der Waals surface area contributed by atoms with Crippen molar-refractivity contribution in [3.8, 4) is 0 Å². The number of ether oxygens (including phenoxy) is 1. The fourth-order valence-corrected chi connectivity index (χ4v) is 2.25. The second kappa shape index (κ2) is 9.93. The molecule has 1 amide bonds. The van der Waals surface area contributed by atoms with E-state index in [0.717, 1.165) is 50.2 Å². The lowest BCUT2D eigenvalue weighted by molar-refractivity contribution is 0.1000. The van der Waals surface area contributed by atoms with Crippen molar-refractivity contribution >= 4 is 11.9 Å². The first-order valence-corrected chi connectivity index (χ1v) is 8.67. The normalized spacial score (nSPS) is 14.5. The number of primary amides is 1. The van der Waals surface area contributed by atoms with Gasteiger partial charge in [0.25, 0.3) is 0 Å². The third-order valence-corrected chi connectivity index (χ3v) is 3.78. The third kappa shape index (κ3) is 7.00. The molecule has 1 aliphatic rings. The average molecular weight is 332 g/mol. The summed E-state index contributed by atoms with van der Waals surface area (Å²) in [5.41, 5.74) is 6.77. The maximum atomic E-state index is 11.2. The largest absolute Gasteiger partial charge is 0.381 e. The van der Waals surface area contributed by atoms with E-state index in [1.165, 1.54) is 12.8 Å². The molecule has 6 heteroatoms. The summed E-state index contributed by atoms with van der Waals surface area (Å²) in [6, 6.07) is 7.25. The van der Waals surface area contributed by atoms with E-state index in [1.807, 2.05) is 19.1 Å². The van der Waals surface area contributed by atoms with Gasteiger partial charge in [-0.25, -0.2) is 4.99 Å². The molecule has 0 aromatic heterocycles. The molecule has 0 spiro atoms. The summed E-state index contributed by atoms with van der Waals surface area (Å²) in [4.78, 5) is 15.8. The van der Waals surface area contributed by atoms with Crippen LogP contribution in [0.5, 0.6) is 0 Å². The lowest BCUT2D eigenvalue weighted by Gasteiger charge is -2.11. The Kier molecular flexibility index (Phi) is 7.55. The van der Waals surface area contributed by atoms with E-state index in [4.69, 9.17) is 10.5 Å². The van der Waals surface area contributed by atoms with Gasteiger partial charge in [0.1, 0.15) is 0 Å². The molecule has 1 aliphatic carbocycles. The number of rotatable bonds is 10. The van der Waals surface area contributed by atoms with Gasteiger partial charge in [0.15, 0.2) is 5.96 Å². The van der Waals surface area contributed by atoms with Crippen molar-refractivity contribution in [2.75, 3.05) is 26.3 Å². The van der Waals surface area contributed by atoms with Gasteiger partial charge in [-0.15, -0.1) is 0 Å². The van der Waals surface area contributed by atoms with Crippen molar-refractivity contribution in [3.05, 3.63) is 35.4 Å². The van der Waals surface area contributed by atoms with E-state index in [0.29, 0.717) is 12.1 Å². The zero-order valence-electron chi connectivity index (χ0n) is 14.4. The lowest BCUT2D eigenvalue weighted by Crippen LogP contribution is -2.38. The van der Waals surface area contributed by atoms with Gasteiger partial charge in [-0.05, 0) is 49.8 Å². The summed E-state index contributed by atoms with van der Waals surface area (Å²) < 4.78 is 5.62. The molecule has 0 saturated heterocycles. The van der Waals surface area contributed by atoms with E-state index in [-0.39, 0.29) is 0 Å². The molecule has 24 heavy (non-hydrogen) atoms. The number of benzene rings is 1. The van der Waals surface area contributed by atoms with Crippen molar-refractivity contribution in [1.82, 2.24) is 10.6 Å². The number of nitrogens with two attached hydrogens (primary N) is 1. The average Bonchev–Trinajstić information content (AvgIpc) is 3.40. The fraction of sp³-hybridized carbons (Fsp3) is 0.556. The topological polar surface area (TPSA) is 88.7 Å². The monoisotopic (exact) mass is 332 g/mol. The summed E-state index contributed by atoms with van der Waals surface area (Å²) in [6.07, 6.45) is 3.60. The van der Waals surface area contributed by atoms with Crippen LogP contribution in [0.25, 0.3) is 0 Å². The van der Waals surface area contributed by atoms with Crippen LogP contribution in [0.15, 0.2) is 29.3 Å². The van der Waals surface area contributed by atoms with Gasteiger partial charge in [0.05, 0.1) is 6.54 Å². The number of amides is 1. The van der Waals surface area contributed by atoms with E-state index < -0.39 is 5.91 Å². The number of hydrogen-bond donors (Lipinski definition) is 3. The van der Waals surface area contributed by atoms with Gasteiger partial charge in [-0.2, -0.15) is 0 Å². The number of guanidine groups is 1. The van der Waals surface area contributed by atoms with Crippen molar-refractivity contribution in [2.45, 2.75) is 32.7 Å². The highest BCUT2D eigenvalue weighted by atomic mass is 16.5. The molecule has 2 rings (SSSR count). The number of nitrogens with one attached hydrogen (secondary N) is 2. The molecule has 0 heterocycles. The summed E-state index contributed by atoms with van der Waals surface area (Å²) in [7, 11) is 0. The number of aliphatic imine (C=N–C) groups is 1. The first-order chi connectivity index (χ1) is 11.7. The van der Waals surface area contributed by atoms with Crippen molar-refractivity contribution < 1.29 is 9.53 Å². The molecule has 6 nitrogen and oxygen atoms in total. The van der Waals surface area contributed by atoms with Gasteiger partial charge in [-0.1, -0.05) is 12.1 Å². The Morgan fingerprint density at radius 3 is 2.92 bits per heavy atom. The molecule has 0 aliphatic heterocycles. The van der Waals surface area contributed by atoms with Crippen molar-refractivity contribution in [1.29, 1.82) is 0 Å². The second-order valence-corrected chi connectivity index (χ2v) is 6.06. The van der Waals surface area contributed by atoms with Gasteiger partial charge < -0.3 is 21.1 Å². The van der Waals surface area contributed by atoms with Gasteiger partial charge in [0, 0.05) is 31.9 Å². The Balaban J connectivity index is 1.74. The SMILES string of the molecule is CCNC(=NCc1cccc(C(N)=O)c1)NCCCOCC1CC1. The van der Waals surface area contributed by atoms with Crippen LogP contribution in [0, 0.1) is 5.92 Å².